The van der Waals surface area contributed by atoms with Crippen LogP contribution in [0.15, 0.2) is 23.2 Å². The summed E-state index contributed by atoms with van der Waals surface area (Å²) in [6, 6.07) is 5.97. The zero-order valence-electron chi connectivity index (χ0n) is 17.3. The Kier molecular flexibility index (Phi) is 7.43. The third-order valence-corrected chi connectivity index (χ3v) is 5.74. The van der Waals surface area contributed by atoms with Crippen molar-refractivity contribution in [2.45, 2.75) is 76.5 Å². The molecule has 0 aliphatic heterocycles. The molecule has 6 nitrogen and oxygen atoms in total. The van der Waals surface area contributed by atoms with Crippen LogP contribution < -0.4 is 20.1 Å². The molecule has 6 heteroatoms. The van der Waals surface area contributed by atoms with Crippen LogP contribution in [0.5, 0.6) is 11.5 Å². The summed E-state index contributed by atoms with van der Waals surface area (Å²) >= 11 is 0. The number of rotatable bonds is 8. The maximum Gasteiger partial charge on any atom is 0.191 e. The number of hydrogen-bond donors (Lipinski definition) is 3. The first-order chi connectivity index (χ1) is 13.6. The van der Waals surface area contributed by atoms with Crippen molar-refractivity contribution < 1.29 is 14.6 Å². The normalized spacial score (nSPS) is 19.6. The van der Waals surface area contributed by atoms with E-state index in [1.54, 1.807) is 7.11 Å². The van der Waals surface area contributed by atoms with Crippen molar-refractivity contribution in [3.63, 3.8) is 0 Å². The number of nitrogens with one attached hydrogen (secondary N) is 2. The second-order valence-electron chi connectivity index (χ2n) is 7.95. The van der Waals surface area contributed by atoms with Crippen molar-refractivity contribution in [2.24, 2.45) is 4.99 Å². The molecule has 0 aromatic heterocycles. The Bertz CT molecular complexity index is 650. The first-order valence-corrected chi connectivity index (χ1v) is 10.7. The van der Waals surface area contributed by atoms with Gasteiger partial charge in [0.2, 0.25) is 0 Å². The number of ether oxygens (including phenoxy) is 2. The van der Waals surface area contributed by atoms with E-state index in [0.717, 1.165) is 68.1 Å². The first-order valence-electron chi connectivity index (χ1n) is 10.7. The highest BCUT2D eigenvalue weighted by atomic mass is 16.5. The van der Waals surface area contributed by atoms with E-state index in [1.807, 2.05) is 25.1 Å². The number of aliphatic hydroxyl groups is 1. The van der Waals surface area contributed by atoms with Gasteiger partial charge in [0.1, 0.15) is 0 Å². The molecule has 1 aromatic rings. The summed E-state index contributed by atoms with van der Waals surface area (Å²) in [5, 5.41) is 17.2. The largest absolute Gasteiger partial charge is 0.493 e. The molecule has 156 valence electrons. The van der Waals surface area contributed by atoms with E-state index in [1.165, 1.54) is 12.8 Å². The molecule has 0 amide bonds. The van der Waals surface area contributed by atoms with Gasteiger partial charge in [-0.15, -0.1) is 0 Å². The van der Waals surface area contributed by atoms with E-state index in [4.69, 9.17) is 14.5 Å². The van der Waals surface area contributed by atoms with Gasteiger partial charge in [-0.3, -0.25) is 0 Å². The Hall–Kier alpha value is -1.95. The Morgan fingerprint density at radius 3 is 2.61 bits per heavy atom. The molecule has 0 radical (unpaired) electrons. The van der Waals surface area contributed by atoms with Crippen molar-refractivity contribution in [3.05, 3.63) is 23.8 Å². The molecule has 0 saturated heterocycles. The molecule has 2 fully saturated rings. The maximum absolute atomic E-state index is 10.6. The van der Waals surface area contributed by atoms with Gasteiger partial charge in [0.25, 0.3) is 0 Å². The van der Waals surface area contributed by atoms with Crippen molar-refractivity contribution in [2.75, 3.05) is 20.2 Å². The lowest BCUT2D eigenvalue weighted by molar-refractivity contribution is 0.0522. The summed E-state index contributed by atoms with van der Waals surface area (Å²) in [5.41, 5.74) is 0.408. The topological polar surface area (TPSA) is 75.1 Å². The number of guanidine groups is 1. The minimum absolute atomic E-state index is 0.266. The molecule has 0 spiro atoms. The van der Waals surface area contributed by atoms with E-state index in [0.29, 0.717) is 13.1 Å². The van der Waals surface area contributed by atoms with Gasteiger partial charge in [0.05, 0.1) is 25.4 Å². The molecule has 2 aliphatic rings. The molecular formula is C22H35N3O3. The number of benzene rings is 1. The molecule has 0 bridgehead atoms. The average molecular weight is 390 g/mol. The predicted molar refractivity (Wildman–Crippen MR) is 112 cm³/mol. The lowest BCUT2D eigenvalue weighted by Gasteiger charge is -2.24. The SMILES string of the molecule is CCNC(=NCc1cccc(OC)c1OC1CCCC1)NCC1(O)CCCC1. The van der Waals surface area contributed by atoms with Gasteiger partial charge in [-0.25, -0.2) is 4.99 Å². The van der Waals surface area contributed by atoms with E-state index < -0.39 is 5.60 Å². The summed E-state index contributed by atoms with van der Waals surface area (Å²) in [5.74, 6) is 2.29. The van der Waals surface area contributed by atoms with Crippen LogP contribution in [0, 0.1) is 0 Å². The molecular weight excluding hydrogens is 354 g/mol. The second kappa shape index (κ2) is 10.0. The van der Waals surface area contributed by atoms with E-state index >= 15 is 0 Å². The molecule has 28 heavy (non-hydrogen) atoms. The van der Waals surface area contributed by atoms with Gasteiger partial charge < -0.3 is 25.2 Å². The van der Waals surface area contributed by atoms with Crippen LogP contribution in [0.1, 0.15) is 63.9 Å². The van der Waals surface area contributed by atoms with Crippen LogP contribution >= 0.6 is 0 Å². The molecule has 0 atom stereocenters. The number of methoxy groups -OCH3 is 1. The number of para-hydroxylation sites is 1. The maximum atomic E-state index is 10.6. The summed E-state index contributed by atoms with van der Waals surface area (Å²) in [7, 11) is 1.68. The molecule has 2 aliphatic carbocycles. The zero-order valence-corrected chi connectivity index (χ0v) is 17.3. The Labute approximate surface area is 168 Å². The molecule has 0 unspecified atom stereocenters. The number of aliphatic imine (C=N–C) groups is 1. The molecule has 3 N–H and O–H groups in total. The minimum Gasteiger partial charge on any atom is -0.493 e. The summed E-state index contributed by atoms with van der Waals surface area (Å²) in [6.07, 6.45) is 8.82. The van der Waals surface area contributed by atoms with Gasteiger partial charge in [-0.2, -0.15) is 0 Å². The molecule has 2 saturated carbocycles. The smallest absolute Gasteiger partial charge is 0.191 e. The van der Waals surface area contributed by atoms with Crippen LogP contribution in [0.25, 0.3) is 0 Å². The monoisotopic (exact) mass is 389 g/mol. The Morgan fingerprint density at radius 2 is 1.93 bits per heavy atom. The highest BCUT2D eigenvalue weighted by Crippen LogP contribution is 2.35. The third kappa shape index (κ3) is 5.53. The van der Waals surface area contributed by atoms with Gasteiger partial charge in [-0.1, -0.05) is 25.0 Å². The van der Waals surface area contributed by atoms with Crippen LogP contribution in [0.2, 0.25) is 0 Å². The summed E-state index contributed by atoms with van der Waals surface area (Å²) in [6.45, 7) is 3.84. The van der Waals surface area contributed by atoms with Crippen molar-refractivity contribution >= 4 is 5.96 Å². The zero-order chi connectivity index (χ0) is 19.8. The average Bonchev–Trinajstić information content (AvgIpc) is 3.37. The van der Waals surface area contributed by atoms with Crippen molar-refractivity contribution in [1.29, 1.82) is 0 Å². The Morgan fingerprint density at radius 1 is 1.18 bits per heavy atom. The van der Waals surface area contributed by atoms with Crippen LogP contribution in [-0.2, 0) is 6.54 Å². The summed E-state index contributed by atoms with van der Waals surface area (Å²) in [4.78, 5) is 4.73. The first kappa shape index (κ1) is 20.8. The lowest BCUT2D eigenvalue weighted by Crippen LogP contribution is -2.46. The molecule has 0 heterocycles. The van der Waals surface area contributed by atoms with Crippen molar-refractivity contribution in [1.82, 2.24) is 10.6 Å². The van der Waals surface area contributed by atoms with Gasteiger partial charge in [-0.05, 0) is 51.5 Å². The molecule has 3 rings (SSSR count). The highest BCUT2D eigenvalue weighted by Gasteiger charge is 2.31. The second-order valence-corrected chi connectivity index (χ2v) is 7.95. The lowest BCUT2D eigenvalue weighted by atomic mass is 10.0. The van der Waals surface area contributed by atoms with Crippen LogP contribution in [0.3, 0.4) is 0 Å². The van der Waals surface area contributed by atoms with Gasteiger partial charge >= 0.3 is 0 Å². The standard InChI is InChI=1S/C22H35N3O3/c1-3-23-21(25-16-22(26)13-6-7-14-22)24-15-17-9-8-12-19(27-2)20(17)28-18-10-4-5-11-18/h8-9,12,18,26H,3-7,10-11,13-16H2,1-2H3,(H2,23,24,25). The fourth-order valence-corrected chi connectivity index (χ4v) is 4.12. The Balaban J connectivity index is 1.70. The fraction of sp³-hybridized carbons (Fsp3) is 0.682. The quantitative estimate of drug-likeness (QED) is 0.469. The summed E-state index contributed by atoms with van der Waals surface area (Å²) < 4.78 is 11.8. The van der Waals surface area contributed by atoms with E-state index in [2.05, 4.69) is 10.6 Å². The van der Waals surface area contributed by atoms with Gasteiger partial charge in [0.15, 0.2) is 17.5 Å². The minimum atomic E-state index is -0.608. The van der Waals surface area contributed by atoms with Crippen LogP contribution in [-0.4, -0.2) is 43.0 Å². The van der Waals surface area contributed by atoms with E-state index in [9.17, 15) is 5.11 Å². The van der Waals surface area contributed by atoms with Gasteiger partial charge in [0, 0.05) is 18.7 Å². The highest BCUT2D eigenvalue weighted by molar-refractivity contribution is 5.79. The van der Waals surface area contributed by atoms with Crippen molar-refractivity contribution in [3.8, 4) is 11.5 Å². The fourth-order valence-electron chi connectivity index (χ4n) is 4.12. The number of nitrogens with zero attached hydrogens (tertiary/aromatic N) is 1. The predicted octanol–water partition coefficient (Wildman–Crippen LogP) is 3.38. The number of hydrogen-bond acceptors (Lipinski definition) is 4. The van der Waals surface area contributed by atoms with Crippen LogP contribution in [0.4, 0.5) is 0 Å². The van der Waals surface area contributed by atoms with E-state index in [-0.39, 0.29) is 6.10 Å². The molecule has 1 aromatic carbocycles. The third-order valence-electron chi connectivity index (χ3n) is 5.74.